The molecule has 0 spiro atoms. The van der Waals surface area contributed by atoms with Crippen LogP contribution in [-0.2, 0) is 14.8 Å². The maximum atomic E-state index is 12.7. The van der Waals surface area contributed by atoms with Gasteiger partial charge in [-0.25, -0.2) is 18.1 Å². The third-order valence-corrected chi connectivity index (χ3v) is 8.48. The number of carbonyl (C=O) groups is 1. The summed E-state index contributed by atoms with van der Waals surface area (Å²) >= 11 is 1.40. The van der Waals surface area contributed by atoms with E-state index in [1.807, 2.05) is 44.2 Å². The van der Waals surface area contributed by atoms with Gasteiger partial charge in [-0.05, 0) is 68.7 Å². The van der Waals surface area contributed by atoms with E-state index in [2.05, 4.69) is 15.0 Å². The number of rotatable bonds is 7. The van der Waals surface area contributed by atoms with Gasteiger partial charge in [0.15, 0.2) is 0 Å². The topological polar surface area (TPSA) is 88.2 Å². The highest BCUT2D eigenvalue weighted by Crippen LogP contribution is 2.27. The lowest BCUT2D eigenvalue weighted by molar-refractivity contribution is -0.115. The first-order chi connectivity index (χ1) is 15.8. The molecule has 0 saturated heterocycles. The van der Waals surface area contributed by atoms with Gasteiger partial charge in [0.1, 0.15) is 0 Å². The van der Waals surface area contributed by atoms with Crippen molar-refractivity contribution >= 4 is 44.3 Å². The zero-order valence-corrected chi connectivity index (χ0v) is 20.5. The van der Waals surface area contributed by atoms with Crippen molar-refractivity contribution in [3.8, 4) is 0 Å². The fraction of sp³-hybridized carbons (Fsp3) is 0.360. The monoisotopic (exact) mass is 483 g/mol. The fourth-order valence-electron chi connectivity index (χ4n) is 4.08. The lowest BCUT2D eigenvalue weighted by atomic mass is 9.96. The third-order valence-electron chi connectivity index (χ3n) is 5.93. The van der Waals surface area contributed by atoms with Crippen molar-refractivity contribution in [2.75, 3.05) is 5.32 Å². The third kappa shape index (κ3) is 5.93. The number of carbonyl (C=O) groups excluding carboxylic acids is 1. The van der Waals surface area contributed by atoms with Crippen molar-refractivity contribution in [2.24, 2.45) is 0 Å². The van der Waals surface area contributed by atoms with Crippen LogP contribution >= 0.6 is 11.8 Å². The van der Waals surface area contributed by atoms with E-state index in [1.54, 1.807) is 12.1 Å². The van der Waals surface area contributed by atoms with Gasteiger partial charge >= 0.3 is 0 Å². The van der Waals surface area contributed by atoms with Crippen LogP contribution in [0, 0.1) is 6.92 Å². The molecule has 0 aliphatic heterocycles. The molecule has 1 atom stereocenters. The summed E-state index contributed by atoms with van der Waals surface area (Å²) in [6.45, 7) is 3.87. The van der Waals surface area contributed by atoms with Crippen LogP contribution in [0.1, 0.15) is 44.6 Å². The SMILES string of the molecule is Cc1cc(SC(C)C(=O)Nc2ccc(S(=O)(=O)NC3CCCCC3)cc2)nc2ccccc12. The molecule has 0 bridgehead atoms. The first-order valence-electron chi connectivity index (χ1n) is 11.3. The van der Waals surface area contributed by atoms with Gasteiger partial charge in [-0.3, -0.25) is 4.79 Å². The van der Waals surface area contributed by atoms with E-state index < -0.39 is 10.0 Å². The summed E-state index contributed by atoms with van der Waals surface area (Å²) in [6.07, 6.45) is 5.05. The standard InChI is InChI=1S/C25H29N3O3S2/c1-17-16-24(27-23-11-7-6-10-22(17)23)32-18(2)25(29)26-19-12-14-21(15-13-19)33(30,31)28-20-8-4-3-5-9-20/h6-7,10-16,18,20,28H,3-5,8-9H2,1-2H3,(H,26,29). The predicted octanol–water partition coefficient (Wildman–Crippen LogP) is 5.27. The van der Waals surface area contributed by atoms with E-state index in [4.69, 9.17) is 0 Å². The first kappa shape index (κ1) is 23.7. The Morgan fingerprint density at radius 2 is 1.76 bits per heavy atom. The van der Waals surface area contributed by atoms with Crippen molar-refractivity contribution in [1.29, 1.82) is 0 Å². The van der Waals surface area contributed by atoms with Gasteiger partial charge < -0.3 is 5.32 Å². The Kier molecular flexibility index (Phi) is 7.36. The zero-order chi connectivity index (χ0) is 23.4. The number of aromatic nitrogens is 1. The highest BCUT2D eigenvalue weighted by molar-refractivity contribution is 8.00. The van der Waals surface area contributed by atoms with Crippen molar-refractivity contribution in [2.45, 2.75) is 67.2 Å². The number of sulfonamides is 1. The number of hydrogen-bond donors (Lipinski definition) is 2. The molecule has 174 valence electrons. The largest absolute Gasteiger partial charge is 0.325 e. The minimum Gasteiger partial charge on any atom is -0.325 e. The van der Waals surface area contributed by atoms with Gasteiger partial charge in [0.2, 0.25) is 15.9 Å². The summed E-state index contributed by atoms with van der Waals surface area (Å²) in [4.78, 5) is 17.6. The summed E-state index contributed by atoms with van der Waals surface area (Å²) in [5.74, 6) is -0.163. The van der Waals surface area contributed by atoms with Crippen LogP contribution in [0.3, 0.4) is 0 Å². The maximum absolute atomic E-state index is 12.7. The van der Waals surface area contributed by atoms with Gasteiger partial charge in [-0.1, -0.05) is 49.2 Å². The minimum absolute atomic E-state index is 0.00774. The van der Waals surface area contributed by atoms with Crippen LogP contribution in [0.4, 0.5) is 5.69 Å². The van der Waals surface area contributed by atoms with Crippen LogP contribution < -0.4 is 10.0 Å². The molecular formula is C25H29N3O3S2. The lowest BCUT2D eigenvalue weighted by Crippen LogP contribution is -2.36. The summed E-state index contributed by atoms with van der Waals surface area (Å²) in [7, 11) is -3.56. The fourth-order valence-corrected chi connectivity index (χ4v) is 6.31. The average molecular weight is 484 g/mol. The number of aryl methyl sites for hydroxylation is 1. The molecule has 1 aliphatic rings. The van der Waals surface area contributed by atoms with E-state index >= 15 is 0 Å². The molecule has 33 heavy (non-hydrogen) atoms. The number of pyridine rings is 1. The highest BCUT2D eigenvalue weighted by Gasteiger charge is 2.22. The number of para-hydroxylation sites is 1. The van der Waals surface area contributed by atoms with Crippen LogP contribution in [0.2, 0.25) is 0 Å². The number of hydrogen-bond acceptors (Lipinski definition) is 5. The number of fused-ring (bicyclic) bond motifs is 1. The Morgan fingerprint density at radius 1 is 1.06 bits per heavy atom. The molecule has 1 unspecified atom stereocenters. The number of nitrogens with one attached hydrogen (secondary N) is 2. The van der Waals surface area contributed by atoms with E-state index in [1.165, 1.54) is 30.3 Å². The molecule has 1 amide bonds. The van der Waals surface area contributed by atoms with Gasteiger partial charge in [-0.15, -0.1) is 0 Å². The molecule has 1 heterocycles. The van der Waals surface area contributed by atoms with E-state index in [0.29, 0.717) is 5.69 Å². The Morgan fingerprint density at radius 3 is 2.48 bits per heavy atom. The van der Waals surface area contributed by atoms with Crippen molar-refractivity contribution in [1.82, 2.24) is 9.71 Å². The molecule has 2 N–H and O–H groups in total. The van der Waals surface area contributed by atoms with Gasteiger partial charge in [0.05, 0.1) is 20.7 Å². The van der Waals surface area contributed by atoms with E-state index in [0.717, 1.165) is 47.2 Å². The second kappa shape index (κ2) is 10.2. The number of amides is 1. The summed E-state index contributed by atoms with van der Waals surface area (Å²) < 4.78 is 28.1. The Labute approximate surface area is 199 Å². The Bertz CT molecular complexity index is 1240. The molecule has 1 saturated carbocycles. The van der Waals surface area contributed by atoms with Crippen molar-refractivity contribution in [3.63, 3.8) is 0 Å². The predicted molar refractivity (Wildman–Crippen MR) is 134 cm³/mol. The van der Waals surface area contributed by atoms with Gasteiger partial charge in [0, 0.05) is 17.1 Å². The van der Waals surface area contributed by atoms with Gasteiger partial charge in [-0.2, -0.15) is 0 Å². The normalized spacial score (nSPS) is 15.9. The van der Waals surface area contributed by atoms with Crippen molar-refractivity contribution < 1.29 is 13.2 Å². The zero-order valence-electron chi connectivity index (χ0n) is 18.9. The summed E-state index contributed by atoms with van der Waals surface area (Å²) in [5, 5.41) is 4.40. The lowest BCUT2D eigenvalue weighted by Gasteiger charge is -2.22. The van der Waals surface area contributed by atoms with E-state index in [-0.39, 0.29) is 22.1 Å². The van der Waals surface area contributed by atoms with Gasteiger partial charge in [0.25, 0.3) is 0 Å². The number of benzene rings is 2. The molecule has 2 aromatic carbocycles. The Balaban J connectivity index is 1.38. The summed E-state index contributed by atoms with van der Waals surface area (Å²) in [5.41, 5.74) is 2.59. The molecule has 4 rings (SSSR count). The molecule has 8 heteroatoms. The van der Waals surface area contributed by atoms with Crippen LogP contribution in [0.25, 0.3) is 10.9 Å². The minimum atomic E-state index is -3.56. The number of anilines is 1. The first-order valence-corrected chi connectivity index (χ1v) is 13.6. The van der Waals surface area contributed by atoms with Crippen LogP contribution in [0.5, 0.6) is 0 Å². The second-order valence-electron chi connectivity index (χ2n) is 8.52. The molecule has 1 aliphatic carbocycles. The molecule has 1 aromatic heterocycles. The molecule has 1 fully saturated rings. The molecule has 6 nitrogen and oxygen atoms in total. The second-order valence-corrected chi connectivity index (χ2v) is 11.6. The Hall–Kier alpha value is -2.42. The maximum Gasteiger partial charge on any atom is 0.240 e. The smallest absolute Gasteiger partial charge is 0.240 e. The van der Waals surface area contributed by atoms with E-state index in [9.17, 15) is 13.2 Å². The number of thioether (sulfide) groups is 1. The molecule has 0 radical (unpaired) electrons. The average Bonchev–Trinajstić information content (AvgIpc) is 2.80. The van der Waals surface area contributed by atoms with Crippen LogP contribution in [-0.4, -0.2) is 30.6 Å². The van der Waals surface area contributed by atoms with Crippen LogP contribution in [0.15, 0.2) is 64.5 Å². The highest BCUT2D eigenvalue weighted by atomic mass is 32.2. The number of nitrogens with zero attached hydrogens (tertiary/aromatic N) is 1. The summed E-state index contributed by atoms with van der Waals surface area (Å²) in [6, 6.07) is 16.3. The molecular weight excluding hydrogens is 454 g/mol. The molecule has 3 aromatic rings. The quantitative estimate of drug-likeness (QED) is 0.447. The van der Waals surface area contributed by atoms with Crippen molar-refractivity contribution in [3.05, 3.63) is 60.2 Å².